The number of benzene rings is 2. The molecule has 0 aliphatic carbocycles. The minimum atomic E-state index is -0.104. The van der Waals surface area contributed by atoms with E-state index in [-0.39, 0.29) is 11.8 Å². The van der Waals surface area contributed by atoms with E-state index in [1.54, 1.807) is 4.68 Å². The summed E-state index contributed by atoms with van der Waals surface area (Å²) in [6.45, 7) is 5.21. The summed E-state index contributed by atoms with van der Waals surface area (Å²) in [5.74, 6) is -0.121. The van der Waals surface area contributed by atoms with Gasteiger partial charge in [0.25, 0.3) is 11.8 Å². The summed E-state index contributed by atoms with van der Waals surface area (Å²) in [5.41, 5.74) is 5.48. The molecule has 4 heterocycles. The van der Waals surface area contributed by atoms with Crippen molar-refractivity contribution >= 4 is 11.8 Å². The predicted molar refractivity (Wildman–Crippen MR) is 140 cm³/mol. The molecule has 6 rings (SSSR count). The lowest BCUT2D eigenvalue weighted by atomic mass is 10.0. The summed E-state index contributed by atoms with van der Waals surface area (Å²) in [6.07, 6.45) is 2.72. The molecule has 0 unspecified atom stereocenters. The minimum Gasteiger partial charge on any atom is -0.337 e. The van der Waals surface area contributed by atoms with E-state index in [9.17, 15) is 9.59 Å². The van der Waals surface area contributed by atoms with Crippen molar-refractivity contribution in [2.45, 2.75) is 39.3 Å². The predicted octanol–water partition coefficient (Wildman–Crippen LogP) is 4.19. The van der Waals surface area contributed by atoms with Crippen LogP contribution in [0, 0.1) is 0 Å². The highest BCUT2D eigenvalue weighted by Gasteiger charge is 2.33. The third kappa shape index (κ3) is 4.22. The van der Waals surface area contributed by atoms with Crippen molar-refractivity contribution in [2.24, 2.45) is 0 Å². The van der Waals surface area contributed by atoms with Crippen LogP contribution in [0.5, 0.6) is 0 Å². The van der Waals surface area contributed by atoms with E-state index >= 15 is 0 Å². The van der Waals surface area contributed by atoms with E-state index in [1.165, 1.54) is 0 Å². The van der Waals surface area contributed by atoms with E-state index in [4.69, 9.17) is 10.2 Å². The maximum atomic E-state index is 14.0. The lowest BCUT2D eigenvalue weighted by Gasteiger charge is -2.28. The Morgan fingerprint density at radius 2 is 1.54 bits per heavy atom. The molecule has 0 spiro atoms. The molecule has 4 aromatic rings. The zero-order chi connectivity index (χ0) is 25.4. The van der Waals surface area contributed by atoms with Crippen LogP contribution >= 0.6 is 0 Å². The van der Waals surface area contributed by atoms with Crippen molar-refractivity contribution in [1.29, 1.82) is 0 Å². The summed E-state index contributed by atoms with van der Waals surface area (Å²) in [5, 5.41) is 9.52. The van der Waals surface area contributed by atoms with Crippen molar-refractivity contribution in [3.05, 3.63) is 89.4 Å². The molecule has 2 aromatic heterocycles. The first-order chi connectivity index (χ1) is 18.1. The first-order valence-corrected chi connectivity index (χ1v) is 13.0. The van der Waals surface area contributed by atoms with Gasteiger partial charge in [-0.15, -0.1) is 0 Å². The third-order valence-corrected chi connectivity index (χ3v) is 7.32. The molecule has 1 fully saturated rings. The van der Waals surface area contributed by atoms with Crippen LogP contribution in [0.2, 0.25) is 0 Å². The molecular weight excluding hydrogens is 464 g/mol. The molecule has 0 saturated carbocycles. The second-order valence-electron chi connectivity index (χ2n) is 9.59. The van der Waals surface area contributed by atoms with Crippen LogP contribution in [0.15, 0.2) is 66.7 Å². The molecule has 8 heteroatoms. The van der Waals surface area contributed by atoms with Crippen LogP contribution < -0.4 is 0 Å². The van der Waals surface area contributed by atoms with Gasteiger partial charge >= 0.3 is 0 Å². The van der Waals surface area contributed by atoms with E-state index in [2.05, 4.69) is 0 Å². The van der Waals surface area contributed by atoms with Crippen molar-refractivity contribution in [3.8, 4) is 16.9 Å². The third-order valence-electron chi connectivity index (χ3n) is 7.32. The number of hydrogen-bond acceptors (Lipinski definition) is 4. The Morgan fingerprint density at radius 3 is 2.24 bits per heavy atom. The highest BCUT2D eigenvalue weighted by molar-refractivity contribution is 5.96. The van der Waals surface area contributed by atoms with Crippen molar-refractivity contribution in [1.82, 2.24) is 29.4 Å². The molecule has 0 bridgehead atoms. The lowest BCUT2D eigenvalue weighted by molar-refractivity contribution is 0.0714. The standard InChI is InChI=1S/C29H30N6O2/c1-2-34-25-15-18-33(20-23(25)27(31-34)29(37)32-16-9-10-17-32)28(36)26-19-24(21-11-5-3-6-12-21)30-35(26)22-13-7-4-8-14-22/h3-8,11-14,19H,2,9-10,15-18,20H2,1H3. The molecule has 2 aliphatic heterocycles. The zero-order valence-corrected chi connectivity index (χ0v) is 21.0. The summed E-state index contributed by atoms with van der Waals surface area (Å²) in [4.78, 5) is 31.0. The van der Waals surface area contributed by atoms with Gasteiger partial charge in [0.1, 0.15) is 5.69 Å². The van der Waals surface area contributed by atoms with Crippen molar-refractivity contribution in [2.75, 3.05) is 19.6 Å². The van der Waals surface area contributed by atoms with Gasteiger partial charge in [0.2, 0.25) is 0 Å². The monoisotopic (exact) mass is 494 g/mol. The molecule has 0 atom stereocenters. The van der Waals surface area contributed by atoms with Gasteiger partial charge in [0.15, 0.2) is 5.69 Å². The quantitative estimate of drug-likeness (QED) is 0.417. The second kappa shape index (κ2) is 9.69. The van der Waals surface area contributed by atoms with Gasteiger partial charge in [-0.05, 0) is 38.0 Å². The Bertz CT molecular complexity index is 1430. The first-order valence-electron chi connectivity index (χ1n) is 13.0. The van der Waals surface area contributed by atoms with E-state index in [1.807, 2.05) is 88.1 Å². The number of carbonyl (C=O) groups excluding carboxylic acids is 2. The molecule has 0 radical (unpaired) electrons. The number of amides is 2. The smallest absolute Gasteiger partial charge is 0.274 e. The summed E-state index contributed by atoms with van der Waals surface area (Å²) < 4.78 is 3.66. The minimum absolute atomic E-state index is 0.0176. The number of nitrogens with zero attached hydrogens (tertiary/aromatic N) is 6. The van der Waals surface area contributed by atoms with Crippen molar-refractivity contribution in [3.63, 3.8) is 0 Å². The number of aromatic nitrogens is 4. The molecule has 0 N–H and O–H groups in total. The molecule has 2 amide bonds. The Balaban J connectivity index is 1.36. The second-order valence-corrected chi connectivity index (χ2v) is 9.59. The van der Waals surface area contributed by atoms with Crippen LogP contribution in [-0.2, 0) is 19.5 Å². The topological polar surface area (TPSA) is 76.3 Å². The maximum absolute atomic E-state index is 14.0. The fourth-order valence-corrected chi connectivity index (χ4v) is 5.38. The van der Waals surface area contributed by atoms with Crippen LogP contribution in [0.25, 0.3) is 16.9 Å². The van der Waals surface area contributed by atoms with Crippen LogP contribution in [-0.4, -0.2) is 60.8 Å². The Kier molecular flexibility index (Phi) is 6.08. The number of likely N-dealkylation sites (tertiary alicyclic amines) is 1. The maximum Gasteiger partial charge on any atom is 0.274 e. The zero-order valence-electron chi connectivity index (χ0n) is 21.0. The Labute approximate surface area is 216 Å². The van der Waals surface area contributed by atoms with Crippen LogP contribution in [0.4, 0.5) is 0 Å². The molecule has 1 saturated heterocycles. The summed E-state index contributed by atoms with van der Waals surface area (Å²) >= 11 is 0. The molecular formula is C29H30N6O2. The molecule has 2 aromatic carbocycles. The first kappa shape index (κ1) is 23.2. The van der Waals surface area contributed by atoms with Gasteiger partial charge in [0.05, 0.1) is 17.9 Å². The molecule has 37 heavy (non-hydrogen) atoms. The van der Waals surface area contributed by atoms with Gasteiger partial charge in [-0.1, -0.05) is 48.5 Å². The Morgan fingerprint density at radius 1 is 0.838 bits per heavy atom. The summed E-state index contributed by atoms with van der Waals surface area (Å²) in [7, 11) is 0. The number of para-hydroxylation sites is 1. The fraction of sp³-hybridized carbons (Fsp3) is 0.310. The number of aryl methyl sites for hydroxylation is 1. The van der Waals surface area contributed by atoms with Gasteiger partial charge in [0, 0.05) is 49.4 Å². The average molecular weight is 495 g/mol. The van der Waals surface area contributed by atoms with Gasteiger partial charge in [-0.3, -0.25) is 14.3 Å². The van der Waals surface area contributed by atoms with E-state index in [0.29, 0.717) is 37.4 Å². The van der Waals surface area contributed by atoms with Gasteiger partial charge in [-0.25, -0.2) is 4.68 Å². The SMILES string of the molecule is CCn1nc(C(=O)N2CCCC2)c2c1CCN(C(=O)c1cc(-c3ccccc3)nn1-c1ccccc1)C2. The molecule has 2 aliphatic rings. The highest BCUT2D eigenvalue weighted by atomic mass is 16.2. The van der Waals surface area contributed by atoms with Gasteiger partial charge in [-0.2, -0.15) is 10.2 Å². The van der Waals surface area contributed by atoms with E-state index < -0.39 is 0 Å². The highest BCUT2D eigenvalue weighted by Crippen LogP contribution is 2.28. The largest absolute Gasteiger partial charge is 0.337 e. The average Bonchev–Trinajstić information content (AvgIpc) is 3.72. The van der Waals surface area contributed by atoms with Crippen LogP contribution in [0.3, 0.4) is 0 Å². The fourth-order valence-electron chi connectivity index (χ4n) is 5.38. The number of rotatable bonds is 5. The van der Waals surface area contributed by atoms with Crippen LogP contribution in [0.1, 0.15) is 52.0 Å². The number of carbonyl (C=O) groups is 2. The normalized spacial score (nSPS) is 15.2. The van der Waals surface area contributed by atoms with Crippen molar-refractivity contribution < 1.29 is 9.59 Å². The lowest BCUT2D eigenvalue weighted by Crippen LogP contribution is -2.38. The van der Waals surface area contributed by atoms with E-state index in [0.717, 1.165) is 54.1 Å². The number of fused-ring (bicyclic) bond motifs is 1. The molecule has 188 valence electrons. The van der Waals surface area contributed by atoms with Gasteiger partial charge < -0.3 is 9.80 Å². The Hall–Kier alpha value is -4.20. The summed E-state index contributed by atoms with van der Waals surface area (Å²) in [6, 6.07) is 21.5. The molecule has 8 nitrogen and oxygen atoms in total. The number of hydrogen-bond donors (Lipinski definition) is 0.